The number of hydrogen-bond acceptors (Lipinski definition) is 5. The Morgan fingerprint density at radius 3 is 2.80 bits per heavy atom. The summed E-state index contributed by atoms with van der Waals surface area (Å²) in [6.45, 7) is 2.59. The largest absolute Gasteiger partial charge is 0.361 e. The lowest BCUT2D eigenvalue weighted by Crippen LogP contribution is -2.29. The van der Waals surface area contributed by atoms with Crippen LogP contribution in [-0.4, -0.2) is 29.1 Å². The van der Waals surface area contributed by atoms with E-state index in [0.29, 0.717) is 34.4 Å². The predicted molar refractivity (Wildman–Crippen MR) is 97.4 cm³/mol. The third kappa shape index (κ3) is 4.16. The Morgan fingerprint density at radius 1 is 1.24 bits per heavy atom. The van der Waals surface area contributed by atoms with Crippen LogP contribution in [0.3, 0.4) is 0 Å². The van der Waals surface area contributed by atoms with Gasteiger partial charge in [0.1, 0.15) is 11.5 Å². The molecule has 1 aromatic carbocycles. The van der Waals surface area contributed by atoms with Crippen molar-refractivity contribution < 1.29 is 9.32 Å². The second kappa shape index (κ2) is 7.81. The van der Waals surface area contributed by atoms with Gasteiger partial charge in [-0.2, -0.15) is 0 Å². The third-order valence-corrected chi connectivity index (χ3v) is 3.80. The van der Waals surface area contributed by atoms with Crippen molar-refractivity contribution in [3.63, 3.8) is 0 Å². The summed E-state index contributed by atoms with van der Waals surface area (Å²) in [6.07, 6.45) is 1.52. The lowest BCUT2D eigenvalue weighted by Gasteiger charge is -2.07. The van der Waals surface area contributed by atoms with Crippen LogP contribution in [0, 0.1) is 0 Å². The van der Waals surface area contributed by atoms with Crippen molar-refractivity contribution in [2.45, 2.75) is 6.92 Å². The Bertz CT molecular complexity index is 865. The molecule has 2 N–H and O–H groups in total. The first-order valence-electron chi connectivity index (χ1n) is 7.86. The van der Waals surface area contributed by atoms with Crippen molar-refractivity contribution in [2.24, 2.45) is 0 Å². The fraction of sp³-hybridized carbons (Fsp3) is 0.167. The molecule has 3 rings (SSSR count). The van der Waals surface area contributed by atoms with Gasteiger partial charge in [0.2, 0.25) is 5.91 Å². The normalized spacial score (nSPS) is 10.5. The van der Waals surface area contributed by atoms with Gasteiger partial charge in [0.05, 0.1) is 11.6 Å². The molecular weight excluding hydrogens is 340 g/mol. The summed E-state index contributed by atoms with van der Waals surface area (Å²) in [5.74, 6) is 1.09. The molecule has 7 heteroatoms. The number of nitrogens with zero attached hydrogens (tertiary/aromatic N) is 2. The molecule has 3 aromatic rings. The molecule has 0 saturated carbocycles. The van der Waals surface area contributed by atoms with Crippen LogP contribution in [0.4, 0.5) is 5.82 Å². The van der Waals surface area contributed by atoms with Gasteiger partial charge in [0.25, 0.3) is 0 Å². The number of pyridine rings is 1. The number of nitrogens with one attached hydrogen (secondary N) is 2. The van der Waals surface area contributed by atoms with Crippen LogP contribution in [-0.2, 0) is 4.79 Å². The smallest absolute Gasteiger partial charge is 0.239 e. The molecule has 25 heavy (non-hydrogen) atoms. The second-order valence-electron chi connectivity index (χ2n) is 5.30. The molecule has 0 saturated heterocycles. The van der Waals surface area contributed by atoms with E-state index in [0.717, 1.165) is 5.56 Å². The summed E-state index contributed by atoms with van der Waals surface area (Å²) in [5.41, 5.74) is 2.22. The van der Waals surface area contributed by atoms with Gasteiger partial charge in [-0.05, 0) is 13.0 Å². The molecular formula is C18H17ClN4O2. The van der Waals surface area contributed by atoms with Gasteiger partial charge in [-0.3, -0.25) is 4.79 Å². The van der Waals surface area contributed by atoms with Crippen LogP contribution in [0.1, 0.15) is 6.92 Å². The number of anilines is 1. The van der Waals surface area contributed by atoms with E-state index >= 15 is 0 Å². The van der Waals surface area contributed by atoms with Crippen molar-refractivity contribution in [3.05, 3.63) is 53.7 Å². The first-order valence-corrected chi connectivity index (χ1v) is 8.24. The Hall–Kier alpha value is -2.86. The van der Waals surface area contributed by atoms with Crippen molar-refractivity contribution in [2.75, 3.05) is 18.4 Å². The van der Waals surface area contributed by atoms with Gasteiger partial charge in [-0.15, -0.1) is 0 Å². The van der Waals surface area contributed by atoms with Crippen LogP contribution < -0.4 is 10.6 Å². The van der Waals surface area contributed by atoms with Crippen LogP contribution >= 0.6 is 11.6 Å². The van der Waals surface area contributed by atoms with E-state index in [-0.39, 0.29) is 12.5 Å². The van der Waals surface area contributed by atoms with E-state index in [9.17, 15) is 4.79 Å². The maximum absolute atomic E-state index is 11.5. The number of carbonyl (C=O) groups is 1. The standard InChI is InChI=1S/C18H17ClN4O2/c1-2-20-18(24)11-22-17-8-13(14(19)10-21-17)15-9-16(25-23-15)12-6-4-3-5-7-12/h3-10H,2,11H2,1H3,(H,20,24)(H,21,22). The quantitative estimate of drug-likeness (QED) is 0.705. The summed E-state index contributed by atoms with van der Waals surface area (Å²) in [6, 6.07) is 13.3. The SMILES string of the molecule is CCNC(=O)CNc1cc(-c2cc(-c3ccccc3)on2)c(Cl)cn1. The fourth-order valence-electron chi connectivity index (χ4n) is 2.30. The molecule has 0 bridgehead atoms. The van der Waals surface area contributed by atoms with Gasteiger partial charge in [-0.25, -0.2) is 4.98 Å². The molecule has 6 nitrogen and oxygen atoms in total. The Labute approximate surface area is 150 Å². The monoisotopic (exact) mass is 356 g/mol. The lowest BCUT2D eigenvalue weighted by molar-refractivity contribution is -0.119. The van der Waals surface area contributed by atoms with Crippen LogP contribution in [0.15, 0.2) is 53.2 Å². The molecule has 0 radical (unpaired) electrons. The highest BCUT2D eigenvalue weighted by Gasteiger charge is 2.13. The first-order chi connectivity index (χ1) is 12.2. The lowest BCUT2D eigenvalue weighted by atomic mass is 10.1. The van der Waals surface area contributed by atoms with E-state index in [4.69, 9.17) is 16.1 Å². The average molecular weight is 357 g/mol. The van der Waals surface area contributed by atoms with E-state index in [1.807, 2.05) is 43.3 Å². The minimum Gasteiger partial charge on any atom is -0.361 e. The molecule has 2 heterocycles. The zero-order valence-electron chi connectivity index (χ0n) is 13.6. The highest BCUT2D eigenvalue weighted by molar-refractivity contribution is 6.33. The Kier molecular flexibility index (Phi) is 5.30. The number of amides is 1. The number of carbonyl (C=O) groups excluding carboxylic acids is 1. The zero-order valence-corrected chi connectivity index (χ0v) is 14.4. The number of aromatic nitrogens is 2. The number of halogens is 1. The molecule has 0 spiro atoms. The molecule has 0 aliphatic heterocycles. The van der Waals surface area contributed by atoms with Crippen LogP contribution in [0.5, 0.6) is 0 Å². The maximum Gasteiger partial charge on any atom is 0.239 e. The Morgan fingerprint density at radius 2 is 2.04 bits per heavy atom. The van der Waals surface area contributed by atoms with Crippen molar-refractivity contribution >= 4 is 23.3 Å². The topological polar surface area (TPSA) is 80.0 Å². The highest BCUT2D eigenvalue weighted by Crippen LogP contribution is 2.31. The summed E-state index contributed by atoms with van der Waals surface area (Å²) in [7, 11) is 0. The number of benzene rings is 1. The number of hydrogen-bond donors (Lipinski definition) is 2. The number of rotatable bonds is 6. The van der Waals surface area contributed by atoms with E-state index in [2.05, 4.69) is 20.8 Å². The van der Waals surface area contributed by atoms with E-state index in [1.165, 1.54) is 6.20 Å². The van der Waals surface area contributed by atoms with Crippen molar-refractivity contribution in [3.8, 4) is 22.6 Å². The van der Waals surface area contributed by atoms with Crippen LogP contribution in [0.2, 0.25) is 5.02 Å². The Balaban J connectivity index is 1.81. The molecule has 1 amide bonds. The molecule has 0 aliphatic carbocycles. The fourth-order valence-corrected chi connectivity index (χ4v) is 2.50. The predicted octanol–water partition coefficient (Wildman–Crippen LogP) is 3.61. The summed E-state index contributed by atoms with van der Waals surface area (Å²) in [4.78, 5) is 15.7. The van der Waals surface area contributed by atoms with Gasteiger partial charge in [-0.1, -0.05) is 47.1 Å². The summed E-state index contributed by atoms with van der Waals surface area (Å²) in [5, 5.41) is 10.2. The van der Waals surface area contributed by atoms with Gasteiger partial charge < -0.3 is 15.2 Å². The van der Waals surface area contributed by atoms with Crippen molar-refractivity contribution in [1.82, 2.24) is 15.5 Å². The van der Waals surface area contributed by atoms with E-state index < -0.39 is 0 Å². The minimum absolute atomic E-state index is 0.103. The minimum atomic E-state index is -0.103. The molecule has 128 valence electrons. The number of likely N-dealkylation sites (N-methyl/N-ethyl adjacent to an activating group) is 1. The summed E-state index contributed by atoms with van der Waals surface area (Å²) >= 11 is 6.25. The molecule has 0 fully saturated rings. The second-order valence-corrected chi connectivity index (χ2v) is 5.71. The maximum atomic E-state index is 11.5. The molecule has 0 aliphatic rings. The molecule has 0 unspecified atom stereocenters. The molecule has 2 aromatic heterocycles. The molecule has 0 atom stereocenters. The van der Waals surface area contributed by atoms with Crippen LogP contribution in [0.25, 0.3) is 22.6 Å². The van der Waals surface area contributed by atoms with Gasteiger partial charge in [0, 0.05) is 29.9 Å². The van der Waals surface area contributed by atoms with Gasteiger partial charge >= 0.3 is 0 Å². The average Bonchev–Trinajstić information content (AvgIpc) is 3.12. The zero-order chi connectivity index (χ0) is 17.6. The van der Waals surface area contributed by atoms with Gasteiger partial charge in [0.15, 0.2) is 5.76 Å². The van der Waals surface area contributed by atoms with E-state index in [1.54, 1.807) is 6.07 Å². The first kappa shape index (κ1) is 17.0. The summed E-state index contributed by atoms with van der Waals surface area (Å²) < 4.78 is 5.42. The highest BCUT2D eigenvalue weighted by atomic mass is 35.5. The third-order valence-electron chi connectivity index (χ3n) is 3.50. The van der Waals surface area contributed by atoms with Crippen molar-refractivity contribution in [1.29, 1.82) is 0 Å².